The summed E-state index contributed by atoms with van der Waals surface area (Å²) in [6, 6.07) is 20.6. The van der Waals surface area contributed by atoms with Gasteiger partial charge in [-0.25, -0.2) is 0 Å². The summed E-state index contributed by atoms with van der Waals surface area (Å²) >= 11 is 0. The lowest BCUT2D eigenvalue weighted by molar-refractivity contribution is -0.137. The lowest BCUT2D eigenvalue weighted by atomic mass is 9.95. The van der Waals surface area contributed by atoms with Gasteiger partial charge in [-0.15, -0.1) is 0 Å². The summed E-state index contributed by atoms with van der Waals surface area (Å²) in [7, 11) is 3.13. The van der Waals surface area contributed by atoms with E-state index < -0.39 is 18.1 Å². The monoisotopic (exact) mass is 810 g/mol. The normalized spacial score (nSPS) is 22.4. The molecule has 0 aromatic heterocycles. The number of aliphatic carboxylic acids is 1. The van der Waals surface area contributed by atoms with Crippen LogP contribution in [0.1, 0.15) is 54.4 Å². The van der Waals surface area contributed by atoms with Crippen LogP contribution in [-0.2, 0) is 59.4 Å². The van der Waals surface area contributed by atoms with E-state index in [0.29, 0.717) is 85.1 Å². The standard InChI is InChI=1S/C47H46N4O9/c1-56-41-20-35-37(48-24-32-18-30-9-3-5-11-39(30)50(32)46(35)54)22-43(41)59-26-28-15-29(17-34(16-28)58-14-8-7-13-45(52)53)27-60-44-23-38-36(21-42(44)57-2)47(55)51-33(25-49-38)19-31-10-4-6-12-40(31)51/h3-6,9-12,15-17,20-21,24-25,32-33,37-38H,7-8,13-14,18-19,22-23,26-27H2,1-2H3,(H,52,53)/t32-,33-,37?,38?/m0/s1. The lowest BCUT2D eigenvalue weighted by Crippen LogP contribution is -2.39. The maximum atomic E-state index is 14.0. The zero-order chi connectivity index (χ0) is 41.3. The summed E-state index contributed by atoms with van der Waals surface area (Å²) in [5.41, 5.74) is 6.80. The fourth-order valence-corrected chi connectivity index (χ4v) is 8.85. The Morgan fingerprint density at radius 1 is 0.683 bits per heavy atom. The first-order chi connectivity index (χ1) is 29.3. The number of fused-ring (bicyclic) bond motifs is 8. The summed E-state index contributed by atoms with van der Waals surface area (Å²) < 4.78 is 30.6. The fraction of sp³-hybridized carbons (Fsp3) is 0.340. The molecule has 1 N–H and O–H groups in total. The molecule has 4 aliphatic heterocycles. The molecular formula is C47H46N4O9. The van der Waals surface area contributed by atoms with Crippen LogP contribution in [-0.4, -0.2) is 80.3 Å². The van der Waals surface area contributed by atoms with Gasteiger partial charge in [0.25, 0.3) is 11.8 Å². The number of carbonyl (C=O) groups excluding carboxylic acids is 2. The van der Waals surface area contributed by atoms with Crippen molar-refractivity contribution in [3.8, 4) is 5.75 Å². The zero-order valence-corrected chi connectivity index (χ0v) is 33.5. The molecule has 308 valence electrons. The largest absolute Gasteiger partial charge is 0.494 e. The summed E-state index contributed by atoms with van der Waals surface area (Å²) in [4.78, 5) is 52.4. The van der Waals surface area contributed by atoms with E-state index >= 15 is 0 Å². The molecule has 2 amide bonds. The topological polar surface area (TPSA) is 149 Å². The third kappa shape index (κ3) is 7.55. The number of hydrogen-bond acceptors (Lipinski definition) is 10. The third-order valence-electron chi connectivity index (χ3n) is 11.8. The Morgan fingerprint density at radius 3 is 1.67 bits per heavy atom. The number of aliphatic imine (C=N–C) groups is 2. The molecule has 3 aromatic rings. The van der Waals surface area contributed by atoms with Crippen molar-refractivity contribution in [3.05, 3.63) is 135 Å². The van der Waals surface area contributed by atoms with Crippen molar-refractivity contribution in [2.24, 2.45) is 9.98 Å². The van der Waals surface area contributed by atoms with Gasteiger partial charge in [-0.2, -0.15) is 0 Å². The second kappa shape index (κ2) is 16.6. The van der Waals surface area contributed by atoms with E-state index in [0.717, 1.165) is 33.6 Å². The van der Waals surface area contributed by atoms with Crippen LogP contribution in [0.4, 0.5) is 11.4 Å². The molecule has 2 unspecified atom stereocenters. The van der Waals surface area contributed by atoms with Gasteiger partial charge in [0.05, 0.1) is 45.0 Å². The van der Waals surface area contributed by atoms with Crippen molar-refractivity contribution in [1.29, 1.82) is 0 Å². The predicted molar refractivity (Wildman–Crippen MR) is 224 cm³/mol. The van der Waals surface area contributed by atoms with Crippen LogP contribution in [0.5, 0.6) is 5.75 Å². The Bertz CT molecular complexity index is 2280. The number of nitrogens with zero attached hydrogens (tertiary/aromatic N) is 4. The van der Waals surface area contributed by atoms with Gasteiger partial charge < -0.3 is 28.8 Å². The Balaban J connectivity index is 0.934. The van der Waals surface area contributed by atoms with Crippen molar-refractivity contribution >= 4 is 41.6 Å². The van der Waals surface area contributed by atoms with Crippen LogP contribution in [0.3, 0.4) is 0 Å². The van der Waals surface area contributed by atoms with E-state index in [-0.39, 0.29) is 43.5 Å². The Morgan fingerprint density at radius 2 is 1.18 bits per heavy atom. The van der Waals surface area contributed by atoms with Crippen LogP contribution >= 0.6 is 0 Å². The van der Waals surface area contributed by atoms with Crippen molar-refractivity contribution in [3.63, 3.8) is 0 Å². The molecule has 0 bridgehead atoms. The van der Waals surface area contributed by atoms with Gasteiger partial charge in [0.2, 0.25) is 0 Å². The summed E-state index contributed by atoms with van der Waals surface area (Å²) in [6.45, 7) is 0.668. The summed E-state index contributed by atoms with van der Waals surface area (Å²) in [5, 5.41) is 9.08. The van der Waals surface area contributed by atoms with Crippen molar-refractivity contribution in [1.82, 2.24) is 0 Å². The van der Waals surface area contributed by atoms with Crippen LogP contribution in [0.2, 0.25) is 0 Å². The molecule has 2 aliphatic carbocycles. The second-order valence-electron chi connectivity index (χ2n) is 15.6. The highest BCUT2D eigenvalue weighted by molar-refractivity contribution is 6.13. The van der Waals surface area contributed by atoms with Crippen LogP contribution in [0.25, 0.3) is 0 Å². The lowest BCUT2D eigenvalue weighted by Gasteiger charge is -2.27. The van der Waals surface area contributed by atoms with Gasteiger partial charge in [0.1, 0.15) is 30.5 Å². The Labute approximate surface area is 347 Å². The minimum absolute atomic E-state index is 0.0712. The smallest absolute Gasteiger partial charge is 0.303 e. The first-order valence-corrected chi connectivity index (χ1v) is 20.4. The van der Waals surface area contributed by atoms with Crippen LogP contribution in [0.15, 0.2) is 123 Å². The van der Waals surface area contributed by atoms with Crippen molar-refractivity contribution < 1.29 is 43.2 Å². The van der Waals surface area contributed by atoms with E-state index in [4.69, 9.17) is 38.8 Å². The van der Waals surface area contributed by atoms with Crippen molar-refractivity contribution in [2.75, 3.05) is 30.6 Å². The molecule has 4 atom stereocenters. The number of carbonyl (C=O) groups is 3. The predicted octanol–water partition coefficient (Wildman–Crippen LogP) is 6.55. The van der Waals surface area contributed by atoms with Gasteiger partial charge in [0, 0.05) is 67.1 Å². The quantitative estimate of drug-likeness (QED) is 0.179. The number of para-hydroxylation sites is 2. The van der Waals surface area contributed by atoms with E-state index in [1.807, 2.05) is 76.8 Å². The van der Waals surface area contributed by atoms with Crippen molar-refractivity contribution in [2.45, 2.75) is 82.3 Å². The highest BCUT2D eigenvalue weighted by Gasteiger charge is 2.42. The number of amides is 2. The van der Waals surface area contributed by atoms with Gasteiger partial charge in [0.15, 0.2) is 11.5 Å². The SMILES string of the molecule is COC1=C(OCc2cc(COC3=C(OC)C=C4C(=O)N5c6ccccc6C[C@H]5C=NC4C3)cc(OCCCCC(=O)O)c2)CC2N=C[C@@H]3Cc4ccccc4N3C(=O)C2=C1. The number of allylic oxidation sites excluding steroid dienone is 2. The van der Waals surface area contributed by atoms with E-state index in [1.165, 1.54) is 0 Å². The third-order valence-corrected chi connectivity index (χ3v) is 11.8. The van der Waals surface area contributed by atoms with Crippen LogP contribution < -0.4 is 14.5 Å². The average Bonchev–Trinajstić information content (AvgIpc) is 3.75. The van der Waals surface area contributed by atoms with Gasteiger partial charge in [-0.3, -0.25) is 34.2 Å². The Kier molecular flexibility index (Phi) is 10.7. The first kappa shape index (κ1) is 38.9. The minimum atomic E-state index is -0.841. The molecule has 13 nitrogen and oxygen atoms in total. The number of carboxylic acid groups (broad SMARTS) is 1. The Hall–Kier alpha value is -6.63. The molecule has 9 rings (SSSR count). The highest BCUT2D eigenvalue weighted by atomic mass is 16.5. The van der Waals surface area contributed by atoms with E-state index in [2.05, 4.69) is 12.1 Å². The molecule has 3 aromatic carbocycles. The minimum Gasteiger partial charge on any atom is -0.494 e. The molecule has 0 saturated heterocycles. The summed E-state index contributed by atoms with van der Waals surface area (Å²) in [6.07, 6.45) is 10.6. The first-order valence-electron chi connectivity index (χ1n) is 20.4. The number of carboxylic acids is 1. The number of hydrogen-bond donors (Lipinski definition) is 1. The average molecular weight is 811 g/mol. The van der Waals surface area contributed by atoms with Gasteiger partial charge in [-0.05, 0) is 77.6 Å². The van der Waals surface area contributed by atoms with E-state index in [1.54, 1.807) is 26.4 Å². The number of benzene rings is 3. The van der Waals surface area contributed by atoms with Gasteiger partial charge >= 0.3 is 5.97 Å². The molecule has 6 aliphatic rings. The second-order valence-corrected chi connectivity index (χ2v) is 15.6. The van der Waals surface area contributed by atoms with Crippen LogP contribution in [0, 0.1) is 0 Å². The molecule has 60 heavy (non-hydrogen) atoms. The molecule has 4 heterocycles. The molecule has 13 heteroatoms. The fourth-order valence-electron chi connectivity index (χ4n) is 8.85. The number of ether oxygens (including phenoxy) is 5. The molecular weight excluding hydrogens is 765 g/mol. The number of methoxy groups -OCH3 is 2. The molecule has 0 radical (unpaired) electrons. The number of anilines is 2. The number of unbranched alkanes of at least 4 members (excludes halogenated alkanes) is 1. The molecule has 0 saturated carbocycles. The highest BCUT2D eigenvalue weighted by Crippen LogP contribution is 2.40. The molecule has 0 fully saturated rings. The maximum absolute atomic E-state index is 14.0. The maximum Gasteiger partial charge on any atom is 0.303 e. The van der Waals surface area contributed by atoms with Gasteiger partial charge in [-0.1, -0.05) is 36.4 Å². The zero-order valence-electron chi connectivity index (χ0n) is 33.5. The van der Waals surface area contributed by atoms with E-state index in [9.17, 15) is 14.4 Å². The number of rotatable bonds is 14. The molecule has 0 spiro atoms. The summed E-state index contributed by atoms with van der Waals surface area (Å²) in [5.74, 6) is 1.68.